The molecule has 106 valence electrons. The van der Waals surface area contributed by atoms with Gasteiger partial charge in [0.05, 0.1) is 0 Å². The highest BCUT2D eigenvalue weighted by atomic mass is 14.9. The van der Waals surface area contributed by atoms with Crippen LogP contribution in [0.5, 0.6) is 0 Å². The van der Waals surface area contributed by atoms with Crippen LogP contribution in [0, 0.1) is 6.92 Å². The number of aryl methyl sites for hydroxylation is 1. The minimum absolute atomic E-state index is 0.551. The zero-order valence-corrected chi connectivity index (χ0v) is 12.3. The maximum Gasteiger partial charge on any atom is 0.0315 e. The van der Waals surface area contributed by atoms with E-state index in [4.69, 9.17) is 0 Å². The Labute approximate surface area is 117 Å². The lowest BCUT2D eigenvalue weighted by atomic mass is 10.0. The molecule has 2 unspecified atom stereocenters. The molecule has 1 aromatic heterocycles. The van der Waals surface area contributed by atoms with Gasteiger partial charge in [-0.15, -0.1) is 0 Å². The first-order chi connectivity index (χ1) is 9.25. The standard InChI is InChI=1S/C16H27N3/c1-13-7-9-17-11-15(13)12-19-14(2)10-16-6-4-3-5-8-18-16/h7,9,11,14,16,18-19H,3-6,8,10,12H2,1-2H3. The maximum atomic E-state index is 4.20. The summed E-state index contributed by atoms with van der Waals surface area (Å²) in [5.41, 5.74) is 2.63. The van der Waals surface area contributed by atoms with E-state index >= 15 is 0 Å². The Morgan fingerprint density at radius 2 is 2.32 bits per heavy atom. The van der Waals surface area contributed by atoms with E-state index in [1.54, 1.807) is 0 Å². The van der Waals surface area contributed by atoms with Crippen molar-refractivity contribution >= 4 is 0 Å². The number of pyridine rings is 1. The Balaban J connectivity index is 1.74. The van der Waals surface area contributed by atoms with Gasteiger partial charge in [0.15, 0.2) is 0 Å². The van der Waals surface area contributed by atoms with E-state index < -0.39 is 0 Å². The zero-order valence-electron chi connectivity index (χ0n) is 12.3. The molecule has 1 fully saturated rings. The Morgan fingerprint density at radius 1 is 1.42 bits per heavy atom. The summed E-state index contributed by atoms with van der Waals surface area (Å²) in [6.07, 6.45) is 10.5. The number of hydrogen-bond donors (Lipinski definition) is 2. The first kappa shape index (κ1) is 14.5. The summed E-state index contributed by atoms with van der Waals surface area (Å²) in [7, 11) is 0. The molecule has 0 radical (unpaired) electrons. The third-order valence-corrected chi connectivity index (χ3v) is 4.09. The van der Waals surface area contributed by atoms with Crippen LogP contribution in [-0.4, -0.2) is 23.6 Å². The van der Waals surface area contributed by atoms with Gasteiger partial charge in [-0.2, -0.15) is 0 Å². The lowest BCUT2D eigenvalue weighted by Gasteiger charge is -2.21. The third kappa shape index (κ3) is 4.92. The highest BCUT2D eigenvalue weighted by Crippen LogP contribution is 2.13. The topological polar surface area (TPSA) is 37.0 Å². The van der Waals surface area contributed by atoms with Gasteiger partial charge in [0, 0.05) is 31.0 Å². The fourth-order valence-electron chi connectivity index (χ4n) is 2.78. The molecule has 3 heteroatoms. The van der Waals surface area contributed by atoms with Crippen LogP contribution in [0.3, 0.4) is 0 Å². The molecule has 2 heterocycles. The van der Waals surface area contributed by atoms with E-state index in [-0.39, 0.29) is 0 Å². The van der Waals surface area contributed by atoms with Crippen molar-refractivity contribution in [2.24, 2.45) is 0 Å². The van der Waals surface area contributed by atoms with Gasteiger partial charge in [-0.3, -0.25) is 4.98 Å². The summed E-state index contributed by atoms with van der Waals surface area (Å²) in [6, 6.07) is 3.32. The fourth-order valence-corrected chi connectivity index (χ4v) is 2.78. The molecule has 0 amide bonds. The van der Waals surface area contributed by atoms with Crippen molar-refractivity contribution in [2.45, 2.75) is 64.6 Å². The van der Waals surface area contributed by atoms with E-state index in [9.17, 15) is 0 Å². The van der Waals surface area contributed by atoms with Crippen LogP contribution >= 0.6 is 0 Å². The molecular formula is C16H27N3. The van der Waals surface area contributed by atoms with E-state index in [0.29, 0.717) is 12.1 Å². The predicted molar refractivity (Wildman–Crippen MR) is 80.2 cm³/mol. The minimum atomic E-state index is 0.551. The summed E-state index contributed by atoms with van der Waals surface area (Å²) in [4.78, 5) is 4.20. The summed E-state index contributed by atoms with van der Waals surface area (Å²) in [5, 5.41) is 7.30. The Bertz CT molecular complexity index is 370. The molecule has 19 heavy (non-hydrogen) atoms. The fraction of sp³-hybridized carbons (Fsp3) is 0.688. The molecule has 2 rings (SSSR count). The molecule has 0 aliphatic carbocycles. The van der Waals surface area contributed by atoms with E-state index in [1.807, 2.05) is 12.4 Å². The normalized spacial score (nSPS) is 21.9. The van der Waals surface area contributed by atoms with Crippen molar-refractivity contribution in [3.05, 3.63) is 29.6 Å². The van der Waals surface area contributed by atoms with Crippen LogP contribution in [0.25, 0.3) is 0 Å². The summed E-state index contributed by atoms with van der Waals surface area (Å²) in [6.45, 7) is 6.56. The Hall–Kier alpha value is -0.930. The van der Waals surface area contributed by atoms with Crippen LogP contribution < -0.4 is 10.6 Å². The SMILES string of the molecule is Cc1ccncc1CNC(C)CC1CCCCCN1. The van der Waals surface area contributed by atoms with Crippen molar-refractivity contribution < 1.29 is 0 Å². The second-order valence-electron chi connectivity index (χ2n) is 5.82. The average molecular weight is 261 g/mol. The molecule has 1 aliphatic heterocycles. The zero-order chi connectivity index (χ0) is 13.5. The van der Waals surface area contributed by atoms with Crippen molar-refractivity contribution in [3.63, 3.8) is 0 Å². The van der Waals surface area contributed by atoms with Gasteiger partial charge in [0.1, 0.15) is 0 Å². The first-order valence-electron chi connectivity index (χ1n) is 7.62. The van der Waals surface area contributed by atoms with Gasteiger partial charge in [0.25, 0.3) is 0 Å². The Kier molecular flexibility index (Phi) is 5.80. The van der Waals surface area contributed by atoms with Gasteiger partial charge in [-0.05, 0) is 56.8 Å². The van der Waals surface area contributed by atoms with Crippen LogP contribution in [0.4, 0.5) is 0 Å². The molecule has 0 saturated carbocycles. The van der Waals surface area contributed by atoms with Crippen molar-refractivity contribution in [3.8, 4) is 0 Å². The van der Waals surface area contributed by atoms with Crippen molar-refractivity contribution in [1.82, 2.24) is 15.6 Å². The monoisotopic (exact) mass is 261 g/mol. The van der Waals surface area contributed by atoms with Gasteiger partial charge in [-0.25, -0.2) is 0 Å². The molecule has 3 nitrogen and oxygen atoms in total. The van der Waals surface area contributed by atoms with E-state index in [2.05, 4.69) is 35.5 Å². The Morgan fingerprint density at radius 3 is 3.16 bits per heavy atom. The highest BCUT2D eigenvalue weighted by molar-refractivity contribution is 5.21. The van der Waals surface area contributed by atoms with Gasteiger partial charge in [-0.1, -0.05) is 12.8 Å². The molecule has 0 bridgehead atoms. The summed E-state index contributed by atoms with van der Waals surface area (Å²) < 4.78 is 0. The molecule has 1 aromatic rings. The summed E-state index contributed by atoms with van der Waals surface area (Å²) in [5.74, 6) is 0. The molecular weight excluding hydrogens is 234 g/mol. The quantitative estimate of drug-likeness (QED) is 0.856. The molecule has 2 atom stereocenters. The molecule has 1 aliphatic rings. The second kappa shape index (κ2) is 7.61. The van der Waals surface area contributed by atoms with Gasteiger partial charge < -0.3 is 10.6 Å². The predicted octanol–water partition coefficient (Wildman–Crippen LogP) is 2.79. The number of nitrogens with zero attached hydrogens (tertiary/aromatic N) is 1. The summed E-state index contributed by atoms with van der Waals surface area (Å²) >= 11 is 0. The number of hydrogen-bond acceptors (Lipinski definition) is 3. The lowest BCUT2D eigenvalue weighted by Crippen LogP contribution is -2.36. The average Bonchev–Trinajstić information content (AvgIpc) is 2.66. The van der Waals surface area contributed by atoms with Gasteiger partial charge >= 0.3 is 0 Å². The minimum Gasteiger partial charge on any atom is -0.314 e. The number of aromatic nitrogens is 1. The van der Waals surface area contributed by atoms with Crippen LogP contribution in [0.15, 0.2) is 18.5 Å². The van der Waals surface area contributed by atoms with Gasteiger partial charge in [0.2, 0.25) is 0 Å². The number of rotatable bonds is 5. The van der Waals surface area contributed by atoms with Crippen molar-refractivity contribution in [1.29, 1.82) is 0 Å². The van der Waals surface area contributed by atoms with Crippen LogP contribution in [0.1, 0.15) is 50.2 Å². The number of nitrogens with one attached hydrogen (secondary N) is 2. The maximum absolute atomic E-state index is 4.20. The van der Waals surface area contributed by atoms with E-state index in [1.165, 1.54) is 49.8 Å². The highest BCUT2D eigenvalue weighted by Gasteiger charge is 2.14. The lowest BCUT2D eigenvalue weighted by molar-refractivity contribution is 0.402. The second-order valence-corrected chi connectivity index (χ2v) is 5.82. The van der Waals surface area contributed by atoms with Crippen molar-refractivity contribution in [2.75, 3.05) is 6.54 Å². The molecule has 1 saturated heterocycles. The van der Waals surface area contributed by atoms with Crippen LogP contribution in [0.2, 0.25) is 0 Å². The van der Waals surface area contributed by atoms with E-state index in [0.717, 1.165) is 6.54 Å². The molecule has 0 spiro atoms. The first-order valence-corrected chi connectivity index (χ1v) is 7.62. The molecule has 2 N–H and O–H groups in total. The third-order valence-electron chi connectivity index (χ3n) is 4.09. The largest absolute Gasteiger partial charge is 0.314 e. The smallest absolute Gasteiger partial charge is 0.0315 e. The molecule has 0 aromatic carbocycles. The van der Waals surface area contributed by atoms with Crippen LogP contribution in [-0.2, 0) is 6.54 Å².